The highest BCUT2D eigenvalue weighted by molar-refractivity contribution is 9.10. The van der Waals surface area contributed by atoms with Gasteiger partial charge in [0.2, 0.25) is 0 Å². The number of hydrogen-bond donors (Lipinski definition) is 0. The van der Waals surface area contributed by atoms with E-state index in [1.807, 2.05) is 19.9 Å². The molecule has 0 fully saturated rings. The van der Waals surface area contributed by atoms with Crippen molar-refractivity contribution in [2.45, 2.75) is 37.4 Å². The first-order valence-corrected chi connectivity index (χ1v) is 4.53. The van der Waals surface area contributed by atoms with E-state index in [-0.39, 0.29) is 5.78 Å². The lowest BCUT2D eigenvalue weighted by molar-refractivity contribution is -0.120. The highest BCUT2D eigenvalue weighted by Crippen LogP contribution is 2.24. The van der Waals surface area contributed by atoms with Crippen LogP contribution in [0.1, 0.15) is 33.1 Å². The average molecular weight is 218 g/mol. The number of rotatable bonds is 4. The van der Waals surface area contributed by atoms with Crippen molar-refractivity contribution in [3.8, 4) is 6.07 Å². The van der Waals surface area contributed by atoms with Crippen molar-refractivity contribution in [3.05, 3.63) is 0 Å². The first-order chi connectivity index (χ1) is 5.10. The molecule has 0 amide bonds. The Morgan fingerprint density at radius 3 is 2.45 bits per heavy atom. The molecule has 0 aromatic heterocycles. The highest BCUT2D eigenvalue weighted by Gasteiger charge is 2.31. The fourth-order valence-electron chi connectivity index (χ4n) is 0.764. The number of carbonyl (C=O) groups excluding carboxylic acids is 1. The lowest BCUT2D eigenvalue weighted by atomic mass is 9.99. The van der Waals surface area contributed by atoms with Crippen LogP contribution in [0.25, 0.3) is 0 Å². The SMILES string of the molecule is CCCC(=O)C(Br)(C#N)CC. The van der Waals surface area contributed by atoms with E-state index in [2.05, 4.69) is 15.9 Å². The summed E-state index contributed by atoms with van der Waals surface area (Å²) in [6.07, 6.45) is 1.81. The fourth-order valence-corrected chi connectivity index (χ4v) is 0.962. The summed E-state index contributed by atoms with van der Waals surface area (Å²) in [6.45, 7) is 3.75. The van der Waals surface area contributed by atoms with E-state index < -0.39 is 4.32 Å². The molecule has 0 aromatic rings. The van der Waals surface area contributed by atoms with Gasteiger partial charge < -0.3 is 0 Å². The molecular formula is C8H12BrNO. The van der Waals surface area contributed by atoms with Gasteiger partial charge >= 0.3 is 0 Å². The van der Waals surface area contributed by atoms with Gasteiger partial charge in [0.15, 0.2) is 10.1 Å². The summed E-state index contributed by atoms with van der Waals surface area (Å²) in [7, 11) is 0. The molecule has 0 rings (SSSR count). The number of carbonyl (C=O) groups is 1. The minimum Gasteiger partial charge on any atom is -0.297 e. The summed E-state index contributed by atoms with van der Waals surface area (Å²) in [6, 6.07) is 1.98. The van der Waals surface area contributed by atoms with Crippen LogP contribution in [0.3, 0.4) is 0 Å². The number of halogens is 1. The third kappa shape index (κ3) is 2.63. The molecule has 0 aliphatic carbocycles. The number of ketones is 1. The zero-order valence-corrected chi connectivity index (χ0v) is 8.44. The lowest BCUT2D eigenvalue weighted by Crippen LogP contribution is -2.28. The van der Waals surface area contributed by atoms with Crippen LogP contribution in [-0.2, 0) is 4.79 Å². The molecule has 0 aromatic carbocycles. The van der Waals surface area contributed by atoms with Gasteiger partial charge in [-0.2, -0.15) is 5.26 Å². The zero-order chi connectivity index (χ0) is 8.91. The first-order valence-electron chi connectivity index (χ1n) is 3.74. The van der Waals surface area contributed by atoms with E-state index in [9.17, 15) is 4.79 Å². The van der Waals surface area contributed by atoms with Crippen molar-refractivity contribution in [3.63, 3.8) is 0 Å². The van der Waals surface area contributed by atoms with Crippen molar-refractivity contribution in [1.82, 2.24) is 0 Å². The van der Waals surface area contributed by atoms with Gasteiger partial charge in [0.1, 0.15) is 0 Å². The fraction of sp³-hybridized carbons (Fsp3) is 0.750. The van der Waals surface area contributed by atoms with Crippen LogP contribution in [-0.4, -0.2) is 10.1 Å². The summed E-state index contributed by atoms with van der Waals surface area (Å²) in [4.78, 5) is 11.3. The van der Waals surface area contributed by atoms with Crippen LogP contribution in [0.5, 0.6) is 0 Å². The van der Waals surface area contributed by atoms with E-state index in [0.29, 0.717) is 12.8 Å². The molecule has 3 heteroatoms. The molecule has 2 nitrogen and oxygen atoms in total. The molecule has 0 bridgehead atoms. The van der Waals surface area contributed by atoms with Crippen LogP contribution >= 0.6 is 15.9 Å². The minimum absolute atomic E-state index is 0.00926. The summed E-state index contributed by atoms with van der Waals surface area (Å²) < 4.78 is -0.928. The number of Topliss-reactive ketones (excluding diaryl/α,β-unsaturated/α-hetero) is 1. The van der Waals surface area contributed by atoms with Gasteiger partial charge in [0.25, 0.3) is 0 Å². The average Bonchev–Trinajstić information content (AvgIpc) is 2.03. The van der Waals surface area contributed by atoms with E-state index in [4.69, 9.17) is 5.26 Å². The van der Waals surface area contributed by atoms with Crippen molar-refractivity contribution in [1.29, 1.82) is 5.26 Å². The Bertz CT molecular complexity index is 185. The second-order valence-corrected chi connectivity index (χ2v) is 3.79. The first kappa shape index (κ1) is 10.6. The molecule has 0 radical (unpaired) electrons. The largest absolute Gasteiger partial charge is 0.297 e. The van der Waals surface area contributed by atoms with Crippen LogP contribution in [0, 0.1) is 11.3 Å². The van der Waals surface area contributed by atoms with Gasteiger partial charge in [-0.3, -0.25) is 4.79 Å². The standard InChI is InChI=1S/C8H12BrNO/c1-3-5-7(11)8(9,4-2)6-10/h3-5H2,1-2H3. The molecule has 1 atom stereocenters. The summed E-state index contributed by atoms with van der Waals surface area (Å²) in [5.74, 6) is -0.00926. The van der Waals surface area contributed by atoms with Gasteiger partial charge in [0.05, 0.1) is 6.07 Å². The van der Waals surface area contributed by atoms with Gasteiger partial charge in [-0.15, -0.1) is 0 Å². The molecule has 11 heavy (non-hydrogen) atoms. The van der Waals surface area contributed by atoms with Gasteiger partial charge in [-0.05, 0) is 12.8 Å². The molecule has 0 saturated heterocycles. The predicted molar refractivity (Wildman–Crippen MR) is 47.5 cm³/mol. The molecule has 0 spiro atoms. The quantitative estimate of drug-likeness (QED) is 0.680. The van der Waals surface area contributed by atoms with E-state index in [1.54, 1.807) is 0 Å². The molecule has 1 unspecified atom stereocenters. The Labute approximate surface area is 75.7 Å². The molecule has 0 saturated carbocycles. The van der Waals surface area contributed by atoms with Crippen molar-refractivity contribution >= 4 is 21.7 Å². The van der Waals surface area contributed by atoms with E-state index >= 15 is 0 Å². The predicted octanol–water partition coefficient (Wildman–Crippen LogP) is 2.42. The van der Waals surface area contributed by atoms with Crippen LogP contribution in [0.2, 0.25) is 0 Å². The van der Waals surface area contributed by atoms with Gasteiger partial charge in [-0.1, -0.05) is 29.8 Å². The maximum atomic E-state index is 11.3. The Hall–Kier alpha value is -0.360. The second-order valence-electron chi connectivity index (χ2n) is 2.44. The number of nitriles is 1. The summed E-state index contributed by atoms with van der Waals surface area (Å²) >= 11 is 3.14. The van der Waals surface area contributed by atoms with Crippen molar-refractivity contribution in [2.75, 3.05) is 0 Å². The van der Waals surface area contributed by atoms with Crippen LogP contribution in [0.15, 0.2) is 0 Å². The monoisotopic (exact) mass is 217 g/mol. The zero-order valence-electron chi connectivity index (χ0n) is 6.85. The maximum absolute atomic E-state index is 11.3. The van der Waals surface area contributed by atoms with Gasteiger partial charge in [-0.25, -0.2) is 0 Å². The Kier molecular flexibility index (Phi) is 4.36. The molecule has 0 heterocycles. The molecule has 62 valence electrons. The van der Waals surface area contributed by atoms with Crippen LogP contribution < -0.4 is 0 Å². The van der Waals surface area contributed by atoms with Crippen molar-refractivity contribution < 1.29 is 4.79 Å². The molecular weight excluding hydrogens is 206 g/mol. The normalized spacial score (nSPS) is 15.1. The van der Waals surface area contributed by atoms with Crippen LogP contribution in [0.4, 0.5) is 0 Å². The number of alkyl halides is 1. The molecule has 0 aliphatic heterocycles. The Morgan fingerprint density at radius 1 is 1.64 bits per heavy atom. The minimum atomic E-state index is -0.928. The van der Waals surface area contributed by atoms with Gasteiger partial charge in [0, 0.05) is 6.42 Å². The summed E-state index contributed by atoms with van der Waals surface area (Å²) in [5, 5.41) is 8.66. The lowest BCUT2D eigenvalue weighted by Gasteiger charge is -2.14. The van der Waals surface area contributed by atoms with E-state index in [0.717, 1.165) is 6.42 Å². The smallest absolute Gasteiger partial charge is 0.169 e. The van der Waals surface area contributed by atoms with E-state index in [1.165, 1.54) is 0 Å². The Morgan fingerprint density at radius 2 is 2.18 bits per heavy atom. The third-order valence-corrected chi connectivity index (χ3v) is 2.76. The third-order valence-electron chi connectivity index (χ3n) is 1.58. The molecule has 0 N–H and O–H groups in total. The Balaban J connectivity index is 4.28. The maximum Gasteiger partial charge on any atom is 0.169 e. The second kappa shape index (κ2) is 4.50. The number of nitrogens with zero attached hydrogens (tertiary/aromatic N) is 1. The summed E-state index contributed by atoms with van der Waals surface area (Å²) in [5.41, 5.74) is 0. The van der Waals surface area contributed by atoms with Crippen molar-refractivity contribution in [2.24, 2.45) is 0 Å². The topological polar surface area (TPSA) is 40.9 Å². The highest BCUT2D eigenvalue weighted by atomic mass is 79.9. The number of hydrogen-bond acceptors (Lipinski definition) is 2. The molecule has 0 aliphatic rings.